The molecular formula is C18H22N2O5. The molecule has 1 aromatic heterocycles. The first-order valence-corrected chi connectivity index (χ1v) is 8.44. The average Bonchev–Trinajstić information content (AvgIpc) is 2.88. The number of aryl methyl sites for hydroxylation is 1. The highest BCUT2D eigenvalue weighted by atomic mass is 16.5. The highest BCUT2D eigenvalue weighted by molar-refractivity contribution is 5.83. The van der Waals surface area contributed by atoms with Crippen molar-refractivity contribution in [1.82, 2.24) is 9.47 Å². The maximum absolute atomic E-state index is 12.3. The first-order chi connectivity index (χ1) is 11.9. The molecule has 2 aromatic rings. The third kappa shape index (κ3) is 3.45. The van der Waals surface area contributed by atoms with Crippen molar-refractivity contribution < 1.29 is 18.7 Å². The van der Waals surface area contributed by atoms with Gasteiger partial charge in [-0.1, -0.05) is 6.07 Å². The van der Waals surface area contributed by atoms with Gasteiger partial charge >= 0.3 is 11.7 Å². The quantitative estimate of drug-likeness (QED) is 0.794. The predicted octanol–water partition coefficient (Wildman–Crippen LogP) is 2.02. The summed E-state index contributed by atoms with van der Waals surface area (Å²) in [5.41, 5.74) is 2.41. The van der Waals surface area contributed by atoms with Gasteiger partial charge in [-0.15, -0.1) is 0 Å². The van der Waals surface area contributed by atoms with Crippen LogP contribution in [-0.2, 0) is 14.3 Å². The second-order valence-corrected chi connectivity index (χ2v) is 6.52. The Morgan fingerprint density at radius 2 is 1.96 bits per heavy atom. The predicted molar refractivity (Wildman–Crippen MR) is 91.3 cm³/mol. The smallest absolute Gasteiger partial charge is 0.420 e. The molecule has 1 aliphatic heterocycles. The highest BCUT2D eigenvalue weighted by Crippen LogP contribution is 2.26. The van der Waals surface area contributed by atoms with Gasteiger partial charge in [-0.2, -0.15) is 0 Å². The molecule has 1 fully saturated rings. The first kappa shape index (κ1) is 17.3. The number of hydrogen-bond donors (Lipinski definition) is 0. The fourth-order valence-corrected chi connectivity index (χ4v) is 3.39. The molecule has 3 rings (SSSR count). The van der Waals surface area contributed by atoms with E-state index in [4.69, 9.17) is 9.15 Å². The number of aromatic nitrogens is 1. The van der Waals surface area contributed by atoms with Crippen molar-refractivity contribution in [3.63, 3.8) is 0 Å². The number of hydrogen-bond acceptors (Lipinski definition) is 5. The van der Waals surface area contributed by atoms with Crippen LogP contribution in [0, 0.1) is 6.92 Å². The number of oxazole rings is 1. The minimum absolute atomic E-state index is 0.00969. The Hall–Kier alpha value is -2.57. The monoisotopic (exact) mass is 346 g/mol. The van der Waals surface area contributed by atoms with Crippen LogP contribution in [0.5, 0.6) is 0 Å². The van der Waals surface area contributed by atoms with Gasteiger partial charge in [0.15, 0.2) is 11.7 Å². The van der Waals surface area contributed by atoms with Gasteiger partial charge < -0.3 is 14.1 Å². The lowest BCUT2D eigenvalue weighted by atomic mass is 10.0. The van der Waals surface area contributed by atoms with Crippen molar-refractivity contribution in [1.29, 1.82) is 0 Å². The van der Waals surface area contributed by atoms with Crippen LogP contribution < -0.4 is 5.76 Å². The van der Waals surface area contributed by atoms with Crippen molar-refractivity contribution >= 4 is 23.0 Å². The van der Waals surface area contributed by atoms with E-state index >= 15 is 0 Å². The molecule has 1 amide bonds. The number of likely N-dealkylation sites (tertiary alicyclic amines) is 1. The normalized spacial score (nSPS) is 16.8. The van der Waals surface area contributed by atoms with Gasteiger partial charge in [-0.25, -0.2) is 4.79 Å². The standard InChI is InChI=1S/C18H22N2O5/c1-11-4-5-15-16(10-11)25-18(23)20(15)14-6-8-19(9-7-14)17(22)12(2)24-13(3)21/h4-5,10,12,14H,6-9H2,1-3H3/t12-/m0/s1. The van der Waals surface area contributed by atoms with Gasteiger partial charge in [0.1, 0.15) is 0 Å². The van der Waals surface area contributed by atoms with E-state index in [0.29, 0.717) is 31.5 Å². The second-order valence-electron chi connectivity index (χ2n) is 6.52. The summed E-state index contributed by atoms with van der Waals surface area (Å²) in [7, 11) is 0. The van der Waals surface area contributed by atoms with Crippen LogP contribution in [0.2, 0.25) is 0 Å². The molecule has 0 saturated carbocycles. The number of benzene rings is 1. The molecule has 0 N–H and O–H groups in total. The molecular weight excluding hydrogens is 324 g/mol. The molecule has 2 heterocycles. The van der Waals surface area contributed by atoms with E-state index in [2.05, 4.69) is 0 Å². The lowest BCUT2D eigenvalue weighted by molar-refractivity contribution is -0.158. The summed E-state index contributed by atoms with van der Waals surface area (Å²) >= 11 is 0. The van der Waals surface area contributed by atoms with Crippen molar-refractivity contribution in [2.45, 2.75) is 45.8 Å². The lowest BCUT2D eigenvalue weighted by Crippen LogP contribution is -2.45. The summed E-state index contributed by atoms with van der Waals surface area (Å²) in [5.74, 6) is -1.03. The third-order valence-corrected chi connectivity index (χ3v) is 4.60. The largest absolute Gasteiger partial charge is 0.453 e. The molecule has 1 aromatic carbocycles. The van der Waals surface area contributed by atoms with Crippen molar-refractivity contribution in [3.05, 3.63) is 34.3 Å². The Kier molecular flexibility index (Phi) is 4.65. The van der Waals surface area contributed by atoms with Crippen LogP contribution in [0.4, 0.5) is 0 Å². The van der Waals surface area contributed by atoms with E-state index in [0.717, 1.165) is 11.1 Å². The zero-order valence-corrected chi connectivity index (χ0v) is 14.7. The minimum Gasteiger partial charge on any atom is -0.453 e. The molecule has 0 spiro atoms. The van der Waals surface area contributed by atoms with Crippen molar-refractivity contribution in [2.24, 2.45) is 0 Å². The van der Waals surface area contributed by atoms with Crippen LogP contribution in [0.15, 0.2) is 27.4 Å². The highest BCUT2D eigenvalue weighted by Gasteiger charge is 2.29. The summed E-state index contributed by atoms with van der Waals surface area (Å²) in [6.07, 6.45) is 0.525. The first-order valence-electron chi connectivity index (χ1n) is 8.44. The molecule has 0 aliphatic carbocycles. The number of nitrogens with zero attached hydrogens (tertiary/aromatic N) is 2. The number of amides is 1. The van der Waals surface area contributed by atoms with Gasteiger partial charge in [-0.3, -0.25) is 14.2 Å². The van der Waals surface area contributed by atoms with Crippen molar-refractivity contribution in [3.8, 4) is 0 Å². The molecule has 1 atom stereocenters. The Bertz CT molecular complexity index is 858. The summed E-state index contributed by atoms with van der Waals surface area (Å²) < 4.78 is 12.0. The van der Waals surface area contributed by atoms with E-state index in [1.165, 1.54) is 6.92 Å². The average molecular weight is 346 g/mol. The Balaban J connectivity index is 1.73. The molecule has 134 valence electrons. The molecule has 0 unspecified atom stereocenters. The number of fused-ring (bicyclic) bond motifs is 1. The zero-order chi connectivity index (χ0) is 18.1. The summed E-state index contributed by atoms with van der Waals surface area (Å²) in [6, 6.07) is 5.69. The van der Waals surface area contributed by atoms with E-state index < -0.39 is 12.1 Å². The topological polar surface area (TPSA) is 81.8 Å². The number of esters is 1. The summed E-state index contributed by atoms with van der Waals surface area (Å²) in [6.45, 7) is 5.84. The van der Waals surface area contributed by atoms with Gasteiger partial charge in [0, 0.05) is 26.1 Å². The SMILES string of the molecule is CC(=O)O[C@@H](C)C(=O)N1CCC(n2c(=O)oc3cc(C)ccc32)CC1. The number of ether oxygens (including phenoxy) is 1. The molecule has 0 bridgehead atoms. The Labute approximate surface area is 145 Å². The lowest BCUT2D eigenvalue weighted by Gasteiger charge is -2.33. The van der Waals surface area contributed by atoms with Crippen molar-refractivity contribution in [2.75, 3.05) is 13.1 Å². The molecule has 1 aliphatic rings. The Morgan fingerprint density at radius 1 is 1.28 bits per heavy atom. The fourth-order valence-electron chi connectivity index (χ4n) is 3.39. The molecule has 25 heavy (non-hydrogen) atoms. The Morgan fingerprint density at radius 3 is 2.60 bits per heavy atom. The van der Waals surface area contributed by atoms with Gasteiger partial charge in [0.05, 0.1) is 5.52 Å². The molecule has 7 nitrogen and oxygen atoms in total. The number of carbonyl (C=O) groups excluding carboxylic acids is 2. The van der Waals surface area contributed by atoms with E-state index in [-0.39, 0.29) is 17.7 Å². The van der Waals surface area contributed by atoms with E-state index in [9.17, 15) is 14.4 Å². The molecule has 7 heteroatoms. The van der Waals surface area contributed by atoms with Crippen LogP contribution in [0.3, 0.4) is 0 Å². The maximum atomic E-state index is 12.3. The summed E-state index contributed by atoms with van der Waals surface area (Å²) in [4.78, 5) is 37.2. The van der Waals surface area contributed by atoms with Crippen LogP contribution in [0.1, 0.15) is 38.3 Å². The van der Waals surface area contributed by atoms with Gasteiger partial charge in [0.25, 0.3) is 5.91 Å². The van der Waals surface area contributed by atoms with Crippen LogP contribution in [-0.4, -0.2) is 40.5 Å². The molecule has 1 saturated heterocycles. The van der Waals surface area contributed by atoms with Gasteiger partial charge in [-0.05, 0) is 44.4 Å². The summed E-state index contributed by atoms with van der Waals surface area (Å²) in [5, 5.41) is 0. The maximum Gasteiger partial charge on any atom is 0.420 e. The van der Waals surface area contributed by atoms with Gasteiger partial charge in [0.2, 0.25) is 0 Å². The zero-order valence-electron chi connectivity index (χ0n) is 14.7. The van der Waals surface area contributed by atoms with E-state index in [1.807, 2.05) is 25.1 Å². The fraction of sp³-hybridized carbons (Fsp3) is 0.500. The number of rotatable bonds is 3. The number of carbonyl (C=O) groups is 2. The van der Waals surface area contributed by atoms with E-state index in [1.54, 1.807) is 16.4 Å². The minimum atomic E-state index is -0.783. The third-order valence-electron chi connectivity index (χ3n) is 4.60. The number of piperidine rings is 1. The van der Waals surface area contributed by atoms with Crippen LogP contribution in [0.25, 0.3) is 11.1 Å². The molecule has 0 radical (unpaired) electrons. The second kappa shape index (κ2) is 6.74. The van der Waals surface area contributed by atoms with Crippen LogP contribution >= 0.6 is 0 Å².